The maximum absolute atomic E-state index is 6.11. The van der Waals surface area contributed by atoms with E-state index in [0.29, 0.717) is 11.7 Å². The quantitative estimate of drug-likeness (QED) is 0.758. The van der Waals surface area contributed by atoms with Crippen LogP contribution < -0.4 is 22.0 Å². The molecular formula is C16H20N4. The summed E-state index contributed by atoms with van der Waals surface area (Å²) in [6, 6.07) is 8.52. The molecule has 0 aliphatic heterocycles. The van der Waals surface area contributed by atoms with E-state index in [9.17, 15) is 0 Å². The number of hydrogen-bond donors (Lipinski definition) is 3. The lowest BCUT2D eigenvalue weighted by Gasteiger charge is -2.20. The van der Waals surface area contributed by atoms with Gasteiger partial charge in [-0.25, -0.2) is 0 Å². The van der Waals surface area contributed by atoms with Crippen molar-refractivity contribution < 1.29 is 0 Å². The molecule has 0 saturated heterocycles. The molecule has 1 aliphatic carbocycles. The zero-order valence-electron chi connectivity index (χ0n) is 11.9. The summed E-state index contributed by atoms with van der Waals surface area (Å²) in [6.45, 7) is 4.03. The van der Waals surface area contributed by atoms with Crippen molar-refractivity contribution in [2.45, 2.75) is 31.7 Å². The van der Waals surface area contributed by atoms with Crippen LogP contribution in [0.4, 0.5) is 5.82 Å². The molecule has 0 spiro atoms. The van der Waals surface area contributed by atoms with Crippen LogP contribution in [0.3, 0.4) is 0 Å². The number of H-pyrrole nitrogens is 1. The SMILES string of the molecule is CC(C)(N)c1ccc(C2C=c3c(N)n[nH]c3=CC2)cc1. The summed E-state index contributed by atoms with van der Waals surface area (Å²) in [7, 11) is 0. The highest BCUT2D eigenvalue weighted by Crippen LogP contribution is 2.25. The summed E-state index contributed by atoms with van der Waals surface area (Å²) in [5.74, 6) is 0.915. The smallest absolute Gasteiger partial charge is 0.152 e. The zero-order chi connectivity index (χ0) is 14.3. The summed E-state index contributed by atoms with van der Waals surface area (Å²) in [4.78, 5) is 0. The minimum Gasteiger partial charge on any atom is -0.382 e. The van der Waals surface area contributed by atoms with Gasteiger partial charge in [-0.2, -0.15) is 5.10 Å². The second kappa shape index (κ2) is 4.49. The summed E-state index contributed by atoms with van der Waals surface area (Å²) in [6.07, 6.45) is 5.31. The monoisotopic (exact) mass is 268 g/mol. The number of aromatic nitrogens is 2. The highest BCUT2D eigenvalue weighted by atomic mass is 15.1. The van der Waals surface area contributed by atoms with Gasteiger partial charge < -0.3 is 11.5 Å². The Hall–Kier alpha value is -2.07. The molecule has 20 heavy (non-hydrogen) atoms. The molecule has 1 aliphatic rings. The van der Waals surface area contributed by atoms with Gasteiger partial charge in [0.2, 0.25) is 0 Å². The highest BCUT2D eigenvalue weighted by Gasteiger charge is 2.16. The van der Waals surface area contributed by atoms with Crippen LogP contribution in [0.25, 0.3) is 12.2 Å². The van der Waals surface area contributed by atoms with Crippen molar-refractivity contribution in [3.05, 3.63) is 46.0 Å². The third kappa shape index (κ3) is 2.23. The molecule has 4 nitrogen and oxygen atoms in total. The van der Waals surface area contributed by atoms with Gasteiger partial charge in [0.15, 0.2) is 5.82 Å². The van der Waals surface area contributed by atoms with Crippen molar-refractivity contribution in [1.82, 2.24) is 10.2 Å². The number of anilines is 1. The first-order valence-corrected chi connectivity index (χ1v) is 6.86. The molecule has 1 heterocycles. The van der Waals surface area contributed by atoms with Gasteiger partial charge in [-0.15, -0.1) is 0 Å². The lowest BCUT2D eigenvalue weighted by Crippen LogP contribution is -2.29. The maximum atomic E-state index is 6.11. The number of nitrogens with zero attached hydrogens (tertiary/aromatic N) is 1. The van der Waals surface area contributed by atoms with Crippen molar-refractivity contribution in [3.63, 3.8) is 0 Å². The lowest BCUT2D eigenvalue weighted by atomic mass is 9.88. The van der Waals surface area contributed by atoms with Crippen LogP contribution in [-0.4, -0.2) is 10.2 Å². The first kappa shape index (κ1) is 12.9. The molecule has 0 radical (unpaired) electrons. The van der Waals surface area contributed by atoms with E-state index in [-0.39, 0.29) is 5.54 Å². The molecule has 0 fully saturated rings. The number of aromatic amines is 1. The first-order valence-electron chi connectivity index (χ1n) is 6.86. The normalized spacial score (nSPS) is 18.1. The largest absolute Gasteiger partial charge is 0.382 e. The van der Waals surface area contributed by atoms with Gasteiger partial charge in [0.25, 0.3) is 0 Å². The molecule has 0 bridgehead atoms. The van der Waals surface area contributed by atoms with E-state index in [1.807, 2.05) is 13.8 Å². The van der Waals surface area contributed by atoms with Crippen molar-refractivity contribution >= 4 is 18.0 Å². The highest BCUT2D eigenvalue weighted by molar-refractivity contribution is 5.52. The number of rotatable bonds is 2. The molecule has 1 unspecified atom stereocenters. The predicted octanol–water partition coefficient (Wildman–Crippen LogP) is 0.934. The Bertz CT molecular complexity index is 732. The van der Waals surface area contributed by atoms with Crippen LogP contribution in [-0.2, 0) is 5.54 Å². The van der Waals surface area contributed by atoms with E-state index >= 15 is 0 Å². The average Bonchev–Trinajstić information content (AvgIpc) is 2.79. The average molecular weight is 268 g/mol. The molecular weight excluding hydrogens is 248 g/mol. The standard InChI is InChI=1S/C16H20N4/c1-16(2,18)12-6-3-10(4-7-12)11-5-8-14-13(9-11)15(17)20-19-14/h3-4,6-9,11,19H,5,18H2,1-2H3,(H2,17,20). The predicted molar refractivity (Wildman–Crippen MR) is 82.2 cm³/mol. The fourth-order valence-corrected chi connectivity index (χ4v) is 2.62. The number of nitrogen functional groups attached to an aromatic ring is 1. The minimum atomic E-state index is -0.302. The number of benzene rings is 1. The van der Waals surface area contributed by atoms with Crippen LogP contribution in [0.2, 0.25) is 0 Å². The van der Waals surface area contributed by atoms with Gasteiger partial charge in [-0.3, -0.25) is 5.10 Å². The van der Waals surface area contributed by atoms with E-state index < -0.39 is 0 Å². The molecule has 5 N–H and O–H groups in total. The summed E-state index contributed by atoms with van der Waals surface area (Å²) in [5, 5.41) is 9.04. The number of nitrogens with two attached hydrogens (primary N) is 2. The summed E-state index contributed by atoms with van der Waals surface area (Å²) >= 11 is 0. The van der Waals surface area contributed by atoms with Crippen LogP contribution in [0, 0.1) is 0 Å². The van der Waals surface area contributed by atoms with Gasteiger partial charge in [0, 0.05) is 16.7 Å². The first-order chi connectivity index (χ1) is 9.45. The number of hydrogen-bond acceptors (Lipinski definition) is 3. The van der Waals surface area contributed by atoms with E-state index in [4.69, 9.17) is 11.5 Å². The molecule has 2 aromatic rings. The fourth-order valence-electron chi connectivity index (χ4n) is 2.62. The number of nitrogens with one attached hydrogen (secondary N) is 1. The Morgan fingerprint density at radius 3 is 2.60 bits per heavy atom. The van der Waals surface area contributed by atoms with E-state index in [1.165, 1.54) is 5.56 Å². The van der Waals surface area contributed by atoms with Crippen LogP contribution in [0.5, 0.6) is 0 Å². The third-order valence-corrected chi connectivity index (χ3v) is 3.89. The van der Waals surface area contributed by atoms with E-state index in [0.717, 1.165) is 22.6 Å². The Labute approximate surface area is 118 Å². The van der Waals surface area contributed by atoms with Crippen LogP contribution in [0.1, 0.15) is 37.3 Å². The minimum absolute atomic E-state index is 0.302. The van der Waals surface area contributed by atoms with Crippen LogP contribution >= 0.6 is 0 Å². The molecule has 0 amide bonds. The molecule has 1 aromatic carbocycles. The summed E-state index contributed by atoms with van der Waals surface area (Å²) < 4.78 is 0. The van der Waals surface area contributed by atoms with Crippen molar-refractivity contribution in [1.29, 1.82) is 0 Å². The Balaban J connectivity index is 1.95. The summed E-state index contributed by atoms with van der Waals surface area (Å²) in [5.41, 5.74) is 14.1. The van der Waals surface area contributed by atoms with Crippen molar-refractivity contribution in [3.8, 4) is 0 Å². The third-order valence-electron chi connectivity index (χ3n) is 3.89. The van der Waals surface area contributed by atoms with E-state index in [2.05, 4.69) is 46.6 Å². The van der Waals surface area contributed by atoms with Crippen molar-refractivity contribution in [2.75, 3.05) is 5.73 Å². The second-order valence-corrected chi connectivity index (χ2v) is 5.99. The molecule has 104 valence electrons. The van der Waals surface area contributed by atoms with E-state index in [1.54, 1.807) is 0 Å². The second-order valence-electron chi connectivity index (χ2n) is 5.99. The zero-order valence-corrected chi connectivity index (χ0v) is 11.9. The van der Waals surface area contributed by atoms with Gasteiger partial charge >= 0.3 is 0 Å². The molecule has 3 rings (SSSR count). The molecule has 4 heteroatoms. The van der Waals surface area contributed by atoms with Crippen molar-refractivity contribution in [2.24, 2.45) is 5.73 Å². The number of fused-ring (bicyclic) bond motifs is 1. The maximum Gasteiger partial charge on any atom is 0.152 e. The molecule has 1 aromatic heterocycles. The Morgan fingerprint density at radius 2 is 1.95 bits per heavy atom. The Kier molecular flexibility index (Phi) is 2.91. The molecule has 1 atom stereocenters. The van der Waals surface area contributed by atoms with Gasteiger partial charge in [-0.05, 0) is 31.4 Å². The van der Waals surface area contributed by atoms with Gasteiger partial charge in [-0.1, -0.05) is 36.4 Å². The lowest BCUT2D eigenvalue weighted by molar-refractivity contribution is 0.554. The molecule has 0 saturated carbocycles. The van der Waals surface area contributed by atoms with Gasteiger partial charge in [0.05, 0.1) is 5.35 Å². The Morgan fingerprint density at radius 1 is 1.25 bits per heavy atom. The van der Waals surface area contributed by atoms with Gasteiger partial charge in [0.1, 0.15) is 0 Å². The van der Waals surface area contributed by atoms with Crippen LogP contribution in [0.15, 0.2) is 24.3 Å². The fraction of sp³-hybridized carbons (Fsp3) is 0.312. The topological polar surface area (TPSA) is 80.7 Å².